The van der Waals surface area contributed by atoms with E-state index in [0.29, 0.717) is 12.1 Å². The molecule has 1 atom stereocenters. The third kappa shape index (κ3) is 6.33. The predicted octanol–water partition coefficient (Wildman–Crippen LogP) is 2.50. The van der Waals surface area contributed by atoms with Gasteiger partial charge in [0, 0.05) is 24.2 Å². The highest BCUT2D eigenvalue weighted by atomic mass is 19.4. The number of aromatic nitrogens is 5. The van der Waals surface area contributed by atoms with Crippen molar-refractivity contribution >= 4 is 12.1 Å². The Kier molecular flexibility index (Phi) is 6.73. The molecule has 0 aliphatic rings. The van der Waals surface area contributed by atoms with Crippen molar-refractivity contribution in [3.8, 4) is 11.4 Å². The van der Waals surface area contributed by atoms with Crippen LogP contribution >= 0.6 is 0 Å². The monoisotopic (exact) mass is 473 g/mol. The SMILES string of the molecule is O=C(NNC(O)/C=C\n1cnc(-c2cc(C(F)(F)F)cc(C(F)(F)F)c2)n1)c1cnccn1. The highest BCUT2D eigenvalue weighted by Gasteiger charge is 2.37. The number of rotatable bonds is 6. The van der Waals surface area contributed by atoms with E-state index in [0.717, 1.165) is 23.3 Å². The number of amides is 1. The normalized spacial score (nSPS) is 13.3. The molecule has 0 aliphatic heterocycles. The van der Waals surface area contributed by atoms with Crippen LogP contribution in [0.3, 0.4) is 0 Å². The summed E-state index contributed by atoms with van der Waals surface area (Å²) < 4.78 is 79.0. The molecule has 0 spiro atoms. The number of hydrazine groups is 1. The molecule has 1 amide bonds. The summed E-state index contributed by atoms with van der Waals surface area (Å²) in [6, 6.07) is 0.992. The van der Waals surface area contributed by atoms with Gasteiger partial charge >= 0.3 is 12.4 Å². The summed E-state index contributed by atoms with van der Waals surface area (Å²) in [4.78, 5) is 22.9. The van der Waals surface area contributed by atoms with E-state index in [9.17, 15) is 36.2 Å². The molecule has 3 N–H and O–H groups in total. The van der Waals surface area contributed by atoms with Crippen LogP contribution in [0.2, 0.25) is 0 Å². The van der Waals surface area contributed by atoms with E-state index in [1.54, 1.807) is 0 Å². The lowest BCUT2D eigenvalue weighted by atomic mass is 10.0. The van der Waals surface area contributed by atoms with Crippen LogP contribution in [0.25, 0.3) is 17.6 Å². The van der Waals surface area contributed by atoms with Crippen LogP contribution in [0.5, 0.6) is 0 Å². The number of carbonyl (C=O) groups excluding carboxylic acids is 1. The molecular formula is C18H13F6N7O2. The number of hydrogen-bond acceptors (Lipinski definition) is 7. The second-order valence-electron chi connectivity index (χ2n) is 6.32. The van der Waals surface area contributed by atoms with Gasteiger partial charge in [0.2, 0.25) is 0 Å². The molecular weight excluding hydrogens is 460 g/mol. The van der Waals surface area contributed by atoms with Gasteiger partial charge in [-0.3, -0.25) is 15.2 Å². The number of alkyl halides is 6. The molecule has 1 unspecified atom stereocenters. The van der Waals surface area contributed by atoms with Crippen molar-refractivity contribution in [2.24, 2.45) is 0 Å². The van der Waals surface area contributed by atoms with Crippen LogP contribution in [0.15, 0.2) is 49.2 Å². The maximum absolute atomic E-state index is 13.0. The van der Waals surface area contributed by atoms with Crippen molar-refractivity contribution in [1.82, 2.24) is 35.6 Å². The zero-order valence-electron chi connectivity index (χ0n) is 16.1. The molecule has 0 radical (unpaired) electrons. The number of aliphatic hydroxyl groups excluding tert-OH is 1. The first-order chi connectivity index (χ1) is 15.4. The second kappa shape index (κ2) is 9.33. The Balaban J connectivity index is 1.71. The summed E-state index contributed by atoms with van der Waals surface area (Å²) >= 11 is 0. The lowest BCUT2D eigenvalue weighted by Crippen LogP contribution is -2.43. The number of nitrogens with one attached hydrogen (secondary N) is 2. The van der Waals surface area contributed by atoms with Gasteiger partial charge in [-0.2, -0.15) is 26.3 Å². The van der Waals surface area contributed by atoms with Gasteiger partial charge in [0.05, 0.1) is 17.3 Å². The summed E-state index contributed by atoms with van der Waals surface area (Å²) in [6.07, 6.45) is -4.44. The molecule has 0 bridgehead atoms. The zero-order valence-corrected chi connectivity index (χ0v) is 16.1. The molecule has 3 rings (SSSR count). The number of benzene rings is 1. The Bertz CT molecular complexity index is 1110. The molecule has 0 aliphatic carbocycles. The molecule has 2 aromatic heterocycles. The lowest BCUT2D eigenvalue weighted by molar-refractivity contribution is -0.143. The molecule has 3 aromatic rings. The molecule has 0 saturated heterocycles. The standard InChI is InChI=1S/C18H13F6N7O2/c19-17(20,21)11-5-10(6-12(7-11)18(22,23)24)15-27-9-31(30-15)4-1-14(32)28-29-16(33)13-8-25-2-3-26-13/h1-9,14,28,32H,(H,29,33)/b4-1-. The minimum absolute atomic E-state index is 0.00224. The fraction of sp³-hybridized carbons (Fsp3) is 0.167. The van der Waals surface area contributed by atoms with Crippen molar-refractivity contribution in [3.63, 3.8) is 0 Å². The van der Waals surface area contributed by atoms with Crippen molar-refractivity contribution in [2.75, 3.05) is 0 Å². The zero-order chi connectivity index (χ0) is 24.2. The van der Waals surface area contributed by atoms with E-state index in [1.807, 2.05) is 0 Å². The van der Waals surface area contributed by atoms with Gasteiger partial charge in [0.15, 0.2) is 5.82 Å². The Hall–Kier alpha value is -3.85. The third-order valence-electron chi connectivity index (χ3n) is 3.90. The van der Waals surface area contributed by atoms with Crippen molar-refractivity contribution < 1.29 is 36.2 Å². The quantitative estimate of drug-likeness (QED) is 0.286. The van der Waals surface area contributed by atoms with Crippen molar-refractivity contribution in [1.29, 1.82) is 0 Å². The fourth-order valence-corrected chi connectivity index (χ4v) is 2.40. The summed E-state index contributed by atoms with van der Waals surface area (Å²) in [5.41, 5.74) is 0.852. The highest BCUT2D eigenvalue weighted by Crippen LogP contribution is 2.38. The van der Waals surface area contributed by atoms with Crippen LogP contribution in [0, 0.1) is 0 Å². The number of carbonyl (C=O) groups is 1. The summed E-state index contributed by atoms with van der Waals surface area (Å²) in [7, 11) is 0. The first-order valence-corrected chi connectivity index (χ1v) is 8.83. The van der Waals surface area contributed by atoms with Crippen LogP contribution in [0.4, 0.5) is 26.3 Å². The van der Waals surface area contributed by atoms with Gasteiger partial charge in [0.25, 0.3) is 5.91 Å². The third-order valence-corrected chi connectivity index (χ3v) is 3.90. The minimum Gasteiger partial charge on any atom is -0.373 e. The summed E-state index contributed by atoms with van der Waals surface area (Å²) in [5.74, 6) is -1.10. The molecule has 0 fully saturated rings. The van der Waals surface area contributed by atoms with Gasteiger partial charge in [0.1, 0.15) is 18.2 Å². The number of nitrogens with zero attached hydrogens (tertiary/aromatic N) is 5. The van der Waals surface area contributed by atoms with Gasteiger partial charge in [-0.1, -0.05) is 0 Å². The molecule has 9 nitrogen and oxygen atoms in total. The molecule has 15 heteroatoms. The Morgan fingerprint density at radius 1 is 1.03 bits per heavy atom. The van der Waals surface area contributed by atoms with E-state index in [1.165, 1.54) is 18.6 Å². The first-order valence-electron chi connectivity index (χ1n) is 8.83. The van der Waals surface area contributed by atoms with E-state index in [4.69, 9.17) is 0 Å². The molecule has 1 aromatic carbocycles. The second-order valence-corrected chi connectivity index (χ2v) is 6.32. The molecule has 2 heterocycles. The number of aliphatic hydroxyl groups is 1. The van der Waals surface area contributed by atoms with Gasteiger partial charge < -0.3 is 5.11 Å². The van der Waals surface area contributed by atoms with Crippen LogP contribution in [0.1, 0.15) is 21.6 Å². The Labute approximate surface area is 180 Å². The summed E-state index contributed by atoms with van der Waals surface area (Å²) in [5, 5.41) is 13.6. The maximum Gasteiger partial charge on any atom is 0.416 e. The van der Waals surface area contributed by atoms with E-state index in [-0.39, 0.29) is 11.8 Å². The number of hydrogen-bond donors (Lipinski definition) is 3. The van der Waals surface area contributed by atoms with Crippen LogP contribution in [-0.4, -0.2) is 42.0 Å². The predicted molar refractivity (Wildman–Crippen MR) is 99.4 cm³/mol. The van der Waals surface area contributed by atoms with E-state index >= 15 is 0 Å². The largest absolute Gasteiger partial charge is 0.416 e. The van der Waals surface area contributed by atoms with E-state index in [2.05, 4.69) is 30.9 Å². The maximum atomic E-state index is 13.0. The topological polar surface area (TPSA) is 118 Å². The number of halogens is 6. The van der Waals surface area contributed by atoms with Gasteiger partial charge in [-0.25, -0.2) is 20.1 Å². The minimum atomic E-state index is -5.01. The average molecular weight is 473 g/mol. The van der Waals surface area contributed by atoms with E-state index < -0.39 is 47.0 Å². The Morgan fingerprint density at radius 2 is 1.70 bits per heavy atom. The average Bonchev–Trinajstić information content (AvgIpc) is 3.24. The van der Waals surface area contributed by atoms with Crippen LogP contribution < -0.4 is 10.9 Å². The fourth-order valence-electron chi connectivity index (χ4n) is 2.40. The van der Waals surface area contributed by atoms with Gasteiger partial charge in [-0.05, 0) is 24.3 Å². The van der Waals surface area contributed by atoms with Crippen molar-refractivity contribution in [3.05, 3.63) is 66.0 Å². The Morgan fingerprint density at radius 3 is 2.27 bits per heavy atom. The summed E-state index contributed by atoms with van der Waals surface area (Å²) in [6.45, 7) is 0. The first kappa shape index (κ1) is 23.8. The molecule has 174 valence electrons. The van der Waals surface area contributed by atoms with Crippen molar-refractivity contribution in [2.45, 2.75) is 18.6 Å². The van der Waals surface area contributed by atoms with Crippen LogP contribution in [-0.2, 0) is 12.4 Å². The highest BCUT2D eigenvalue weighted by molar-refractivity contribution is 5.91. The molecule has 33 heavy (non-hydrogen) atoms. The smallest absolute Gasteiger partial charge is 0.373 e. The molecule has 0 saturated carbocycles. The lowest BCUT2D eigenvalue weighted by Gasteiger charge is -2.13. The van der Waals surface area contributed by atoms with Gasteiger partial charge in [-0.15, -0.1) is 5.10 Å².